The standard InChI is InChI=1S/C10H14ClN3O/c1-8-7-15-5-4-14(8)6-9-2-3-12-10(11)13-9/h2-3,8H,4-7H2,1H3. The number of aromatic nitrogens is 2. The van der Waals surface area contributed by atoms with Gasteiger partial charge in [0.05, 0.1) is 18.9 Å². The maximum Gasteiger partial charge on any atom is 0.222 e. The summed E-state index contributed by atoms with van der Waals surface area (Å²) in [5.74, 6) is 0. The van der Waals surface area contributed by atoms with Gasteiger partial charge < -0.3 is 4.74 Å². The number of halogens is 1. The van der Waals surface area contributed by atoms with Crippen molar-refractivity contribution in [3.8, 4) is 0 Å². The zero-order valence-electron chi connectivity index (χ0n) is 8.69. The van der Waals surface area contributed by atoms with Crippen molar-refractivity contribution in [1.82, 2.24) is 14.9 Å². The largest absolute Gasteiger partial charge is 0.379 e. The first-order valence-corrected chi connectivity index (χ1v) is 5.43. The van der Waals surface area contributed by atoms with Crippen molar-refractivity contribution in [1.29, 1.82) is 0 Å². The van der Waals surface area contributed by atoms with Crippen LogP contribution in [0, 0.1) is 0 Å². The SMILES string of the molecule is CC1COCCN1Cc1ccnc(Cl)n1. The second-order valence-corrected chi connectivity index (χ2v) is 4.05. The van der Waals surface area contributed by atoms with Crippen molar-refractivity contribution >= 4 is 11.6 Å². The fourth-order valence-electron chi connectivity index (χ4n) is 1.66. The predicted octanol–water partition coefficient (Wildman–Crippen LogP) is 1.35. The van der Waals surface area contributed by atoms with Crippen LogP contribution in [0.5, 0.6) is 0 Å². The van der Waals surface area contributed by atoms with Gasteiger partial charge >= 0.3 is 0 Å². The highest BCUT2D eigenvalue weighted by molar-refractivity contribution is 6.28. The second kappa shape index (κ2) is 4.88. The van der Waals surface area contributed by atoms with E-state index in [1.807, 2.05) is 6.07 Å². The highest BCUT2D eigenvalue weighted by Gasteiger charge is 2.19. The van der Waals surface area contributed by atoms with Crippen LogP contribution >= 0.6 is 11.6 Å². The van der Waals surface area contributed by atoms with Crippen molar-refractivity contribution in [2.75, 3.05) is 19.8 Å². The van der Waals surface area contributed by atoms with Crippen LogP contribution in [0.4, 0.5) is 0 Å². The van der Waals surface area contributed by atoms with E-state index in [4.69, 9.17) is 16.3 Å². The summed E-state index contributed by atoms with van der Waals surface area (Å²) in [5, 5.41) is 0.313. The van der Waals surface area contributed by atoms with E-state index in [-0.39, 0.29) is 0 Å². The maximum absolute atomic E-state index is 5.73. The van der Waals surface area contributed by atoms with Gasteiger partial charge in [-0.1, -0.05) is 0 Å². The Morgan fingerprint density at radius 3 is 3.27 bits per heavy atom. The van der Waals surface area contributed by atoms with Crippen LogP contribution in [-0.2, 0) is 11.3 Å². The molecule has 82 valence electrons. The van der Waals surface area contributed by atoms with Crippen molar-refractivity contribution in [2.45, 2.75) is 19.5 Å². The fourth-order valence-corrected chi connectivity index (χ4v) is 1.83. The normalized spacial score (nSPS) is 22.9. The number of morpholine rings is 1. The molecule has 1 fully saturated rings. The molecule has 2 rings (SSSR count). The highest BCUT2D eigenvalue weighted by atomic mass is 35.5. The topological polar surface area (TPSA) is 38.2 Å². The Labute approximate surface area is 94.2 Å². The smallest absolute Gasteiger partial charge is 0.222 e. The first kappa shape index (κ1) is 10.8. The van der Waals surface area contributed by atoms with Gasteiger partial charge in [0.15, 0.2) is 0 Å². The monoisotopic (exact) mass is 227 g/mol. The van der Waals surface area contributed by atoms with Crippen LogP contribution in [-0.4, -0.2) is 40.7 Å². The minimum absolute atomic E-state index is 0.313. The van der Waals surface area contributed by atoms with E-state index in [9.17, 15) is 0 Å². The number of ether oxygens (including phenoxy) is 1. The van der Waals surface area contributed by atoms with Crippen LogP contribution in [0.2, 0.25) is 5.28 Å². The van der Waals surface area contributed by atoms with E-state index >= 15 is 0 Å². The molecule has 0 aliphatic carbocycles. The van der Waals surface area contributed by atoms with Crippen LogP contribution < -0.4 is 0 Å². The molecule has 0 N–H and O–H groups in total. The van der Waals surface area contributed by atoms with Gasteiger partial charge in [-0.15, -0.1) is 0 Å². The molecule has 4 nitrogen and oxygen atoms in total. The van der Waals surface area contributed by atoms with Crippen LogP contribution in [0.1, 0.15) is 12.6 Å². The number of rotatable bonds is 2. The van der Waals surface area contributed by atoms with E-state index in [0.717, 1.165) is 32.0 Å². The molecule has 0 spiro atoms. The van der Waals surface area contributed by atoms with Crippen molar-refractivity contribution < 1.29 is 4.74 Å². The van der Waals surface area contributed by atoms with Gasteiger partial charge in [-0.25, -0.2) is 9.97 Å². The molecule has 0 bridgehead atoms. The van der Waals surface area contributed by atoms with E-state index in [0.29, 0.717) is 11.3 Å². The number of hydrogen-bond acceptors (Lipinski definition) is 4. The summed E-state index contributed by atoms with van der Waals surface area (Å²) >= 11 is 5.73. The Hall–Kier alpha value is -0.710. The molecule has 0 radical (unpaired) electrons. The summed E-state index contributed by atoms with van der Waals surface area (Å²) in [4.78, 5) is 10.4. The molecule has 1 aromatic heterocycles. The lowest BCUT2D eigenvalue weighted by Gasteiger charge is -2.32. The Morgan fingerprint density at radius 1 is 1.67 bits per heavy atom. The first-order valence-electron chi connectivity index (χ1n) is 5.05. The van der Waals surface area contributed by atoms with Gasteiger partial charge in [-0.2, -0.15) is 0 Å². The zero-order chi connectivity index (χ0) is 10.7. The Morgan fingerprint density at radius 2 is 2.53 bits per heavy atom. The molecule has 5 heteroatoms. The van der Waals surface area contributed by atoms with Crippen molar-refractivity contribution in [3.05, 3.63) is 23.2 Å². The lowest BCUT2D eigenvalue weighted by Crippen LogP contribution is -2.43. The summed E-state index contributed by atoms with van der Waals surface area (Å²) in [6, 6.07) is 2.33. The summed E-state index contributed by atoms with van der Waals surface area (Å²) in [6.45, 7) is 5.50. The minimum atomic E-state index is 0.313. The second-order valence-electron chi connectivity index (χ2n) is 3.71. The molecule has 1 aromatic rings. The minimum Gasteiger partial charge on any atom is -0.379 e. The van der Waals surface area contributed by atoms with Gasteiger partial charge in [0.1, 0.15) is 0 Å². The average molecular weight is 228 g/mol. The third kappa shape index (κ3) is 2.87. The fraction of sp³-hybridized carbons (Fsp3) is 0.600. The van der Waals surface area contributed by atoms with E-state index in [1.54, 1.807) is 6.20 Å². The Bertz CT molecular complexity index is 334. The van der Waals surface area contributed by atoms with Gasteiger partial charge in [0.25, 0.3) is 0 Å². The van der Waals surface area contributed by atoms with Gasteiger partial charge in [0.2, 0.25) is 5.28 Å². The summed E-state index contributed by atoms with van der Waals surface area (Å²) in [6.07, 6.45) is 1.69. The molecule has 1 atom stereocenters. The molecule has 2 heterocycles. The lowest BCUT2D eigenvalue weighted by atomic mass is 10.2. The van der Waals surface area contributed by atoms with Crippen molar-refractivity contribution in [2.24, 2.45) is 0 Å². The third-order valence-corrected chi connectivity index (χ3v) is 2.74. The molecule has 0 saturated carbocycles. The van der Waals surface area contributed by atoms with Crippen LogP contribution in [0.3, 0.4) is 0 Å². The van der Waals surface area contributed by atoms with E-state index in [1.165, 1.54) is 0 Å². The van der Waals surface area contributed by atoms with Gasteiger partial charge in [0, 0.05) is 25.3 Å². The van der Waals surface area contributed by atoms with E-state index in [2.05, 4.69) is 21.8 Å². The van der Waals surface area contributed by atoms with Gasteiger partial charge in [-0.3, -0.25) is 4.90 Å². The average Bonchev–Trinajstić information content (AvgIpc) is 2.22. The highest BCUT2D eigenvalue weighted by Crippen LogP contribution is 2.11. The van der Waals surface area contributed by atoms with E-state index < -0.39 is 0 Å². The maximum atomic E-state index is 5.73. The first-order chi connectivity index (χ1) is 7.25. The molecule has 0 aromatic carbocycles. The lowest BCUT2D eigenvalue weighted by molar-refractivity contribution is -0.00492. The van der Waals surface area contributed by atoms with Gasteiger partial charge in [-0.05, 0) is 24.6 Å². The zero-order valence-corrected chi connectivity index (χ0v) is 9.44. The Kier molecular flexibility index (Phi) is 3.51. The summed E-state index contributed by atoms with van der Waals surface area (Å²) in [5.41, 5.74) is 0.962. The Balaban J connectivity index is 2.01. The number of nitrogens with zero attached hydrogens (tertiary/aromatic N) is 3. The van der Waals surface area contributed by atoms with Crippen LogP contribution in [0.25, 0.3) is 0 Å². The molecule has 1 aliphatic heterocycles. The van der Waals surface area contributed by atoms with Crippen molar-refractivity contribution in [3.63, 3.8) is 0 Å². The molecule has 1 aliphatic rings. The molecule has 1 unspecified atom stereocenters. The predicted molar refractivity (Wildman–Crippen MR) is 57.7 cm³/mol. The molecular weight excluding hydrogens is 214 g/mol. The quantitative estimate of drug-likeness (QED) is 0.715. The van der Waals surface area contributed by atoms with Crippen LogP contribution in [0.15, 0.2) is 12.3 Å². The summed E-state index contributed by atoms with van der Waals surface area (Å²) < 4.78 is 5.37. The summed E-state index contributed by atoms with van der Waals surface area (Å²) in [7, 11) is 0. The third-order valence-electron chi connectivity index (χ3n) is 2.55. The number of hydrogen-bond donors (Lipinski definition) is 0. The molecule has 0 amide bonds. The molecule has 1 saturated heterocycles. The molecular formula is C10H14ClN3O. The molecule has 15 heavy (non-hydrogen) atoms.